The van der Waals surface area contributed by atoms with Gasteiger partial charge in [0.05, 0.1) is 5.69 Å². The first kappa shape index (κ1) is 12.9. The highest BCUT2D eigenvalue weighted by Crippen LogP contribution is 2.32. The second-order valence-electron chi connectivity index (χ2n) is 4.78. The van der Waals surface area contributed by atoms with Gasteiger partial charge in [-0.3, -0.25) is 4.79 Å². The summed E-state index contributed by atoms with van der Waals surface area (Å²) in [4.78, 5) is 12.5. The predicted molar refractivity (Wildman–Crippen MR) is 68.5 cm³/mol. The predicted octanol–water partition coefficient (Wildman–Crippen LogP) is 2.75. The van der Waals surface area contributed by atoms with Crippen molar-refractivity contribution in [3.05, 3.63) is 29.1 Å². The van der Waals surface area contributed by atoms with Gasteiger partial charge in [0.25, 0.3) is 0 Å². The minimum atomic E-state index is -0.794. The highest BCUT2D eigenvalue weighted by molar-refractivity contribution is 5.66. The third-order valence-corrected chi connectivity index (χ3v) is 3.46. The van der Waals surface area contributed by atoms with Crippen LogP contribution in [0.15, 0.2) is 12.1 Å². The molecule has 0 saturated carbocycles. The molecular weight excluding hydrogens is 233 g/mol. The van der Waals surface area contributed by atoms with E-state index in [-0.39, 0.29) is 12.2 Å². The first-order valence-electron chi connectivity index (χ1n) is 6.34. The smallest absolute Gasteiger partial charge is 0.303 e. The maximum absolute atomic E-state index is 13.9. The van der Waals surface area contributed by atoms with E-state index in [4.69, 9.17) is 5.11 Å². The standard InChI is InChI=1S/C14H18FNO2/c1-10-6-7-12(15)14-11(10)4-2-8-16(14)9-3-5-13(17)18/h6-7H,2-5,8-9H2,1H3,(H,17,18). The number of hydrogen-bond donors (Lipinski definition) is 1. The molecule has 0 radical (unpaired) electrons. The van der Waals surface area contributed by atoms with Crippen LogP contribution in [0.25, 0.3) is 0 Å². The molecule has 18 heavy (non-hydrogen) atoms. The van der Waals surface area contributed by atoms with Crippen LogP contribution in [0.1, 0.15) is 30.4 Å². The van der Waals surface area contributed by atoms with Crippen LogP contribution in [0.3, 0.4) is 0 Å². The fraction of sp³-hybridized carbons (Fsp3) is 0.500. The maximum atomic E-state index is 13.9. The Labute approximate surface area is 106 Å². The van der Waals surface area contributed by atoms with E-state index in [9.17, 15) is 9.18 Å². The minimum absolute atomic E-state index is 0.138. The van der Waals surface area contributed by atoms with Crippen LogP contribution in [-0.4, -0.2) is 24.2 Å². The number of nitrogens with zero attached hydrogens (tertiary/aromatic N) is 1. The first-order chi connectivity index (χ1) is 8.59. The van der Waals surface area contributed by atoms with Gasteiger partial charge in [-0.15, -0.1) is 0 Å². The molecule has 1 heterocycles. The molecule has 1 aromatic rings. The molecule has 4 heteroatoms. The molecule has 1 aliphatic heterocycles. The topological polar surface area (TPSA) is 40.5 Å². The SMILES string of the molecule is Cc1ccc(F)c2c1CCCN2CCCC(=O)O. The van der Waals surface area contributed by atoms with Crippen molar-refractivity contribution in [2.24, 2.45) is 0 Å². The largest absolute Gasteiger partial charge is 0.481 e. The lowest BCUT2D eigenvalue weighted by atomic mass is 9.96. The van der Waals surface area contributed by atoms with Crippen molar-refractivity contribution >= 4 is 11.7 Å². The van der Waals surface area contributed by atoms with Gasteiger partial charge in [-0.1, -0.05) is 6.07 Å². The molecule has 98 valence electrons. The third kappa shape index (κ3) is 2.63. The maximum Gasteiger partial charge on any atom is 0.303 e. The van der Waals surface area contributed by atoms with Gasteiger partial charge in [0.15, 0.2) is 0 Å². The summed E-state index contributed by atoms with van der Waals surface area (Å²) >= 11 is 0. The zero-order valence-corrected chi connectivity index (χ0v) is 10.6. The molecule has 0 atom stereocenters. The second kappa shape index (κ2) is 5.38. The van der Waals surface area contributed by atoms with Gasteiger partial charge in [0.2, 0.25) is 0 Å². The summed E-state index contributed by atoms with van der Waals surface area (Å²) < 4.78 is 13.9. The Bertz CT molecular complexity index is 459. The number of rotatable bonds is 4. The molecular formula is C14H18FNO2. The molecule has 0 aliphatic carbocycles. The molecule has 1 aromatic carbocycles. The summed E-state index contributed by atoms with van der Waals surface area (Å²) in [5.74, 6) is -0.984. The zero-order chi connectivity index (χ0) is 13.1. The average Bonchev–Trinajstić information content (AvgIpc) is 2.33. The van der Waals surface area contributed by atoms with E-state index < -0.39 is 5.97 Å². The number of benzene rings is 1. The second-order valence-corrected chi connectivity index (χ2v) is 4.78. The van der Waals surface area contributed by atoms with Crippen LogP contribution in [0.5, 0.6) is 0 Å². The number of hydrogen-bond acceptors (Lipinski definition) is 2. The van der Waals surface area contributed by atoms with E-state index in [2.05, 4.69) is 0 Å². The van der Waals surface area contributed by atoms with Crippen molar-refractivity contribution in [3.8, 4) is 0 Å². The van der Waals surface area contributed by atoms with Gasteiger partial charge in [0, 0.05) is 19.5 Å². The number of carboxylic acids is 1. The third-order valence-electron chi connectivity index (χ3n) is 3.46. The van der Waals surface area contributed by atoms with Crippen LogP contribution in [0, 0.1) is 12.7 Å². The first-order valence-corrected chi connectivity index (χ1v) is 6.34. The Morgan fingerprint density at radius 1 is 1.50 bits per heavy atom. The molecule has 0 bridgehead atoms. The van der Waals surface area contributed by atoms with Crippen LogP contribution in [0.4, 0.5) is 10.1 Å². The van der Waals surface area contributed by atoms with Crippen LogP contribution < -0.4 is 4.90 Å². The molecule has 0 amide bonds. The normalized spacial score (nSPS) is 14.4. The summed E-state index contributed by atoms with van der Waals surface area (Å²) in [5.41, 5.74) is 2.89. The molecule has 0 unspecified atom stereocenters. The van der Waals surface area contributed by atoms with Crippen molar-refractivity contribution in [1.82, 2.24) is 0 Å². The molecule has 0 aromatic heterocycles. The number of aliphatic carboxylic acids is 1. The highest BCUT2D eigenvalue weighted by Gasteiger charge is 2.21. The van der Waals surface area contributed by atoms with Crippen LogP contribution in [0.2, 0.25) is 0 Å². The van der Waals surface area contributed by atoms with Crippen molar-refractivity contribution in [3.63, 3.8) is 0 Å². The van der Waals surface area contributed by atoms with E-state index in [1.54, 1.807) is 0 Å². The van der Waals surface area contributed by atoms with Gasteiger partial charge in [-0.25, -0.2) is 4.39 Å². The van der Waals surface area contributed by atoms with Crippen molar-refractivity contribution in [1.29, 1.82) is 0 Å². The van der Waals surface area contributed by atoms with E-state index in [1.165, 1.54) is 6.07 Å². The highest BCUT2D eigenvalue weighted by atomic mass is 19.1. The Morgan fingerprint density at radius 3 is 3.00 bits per heavy atom. The lowest BCUT2D eigenvalue weighted by Gasteiger charge is -2.32. The molecule has 0 fully saturated rings. The number of aryl methyl sites for hydroxylation is 1. The number of carbonyl (C=O) groups is 1. The zero-order valence-electron chi connectivity index (χ0n) is 10.6. The summed E-state index contributed by atoms with van der Waals surface area (Å²) in [7, 11) is 0. The van der Waals surface area contributed by atoms with Gasteiger partial charge in [-0.05, 0) is 43.4 Å². The summed E-state index contributed by atoms with van der Waals surface area (Å²) in [6.45, 7) is 3.42. The van der Waals surface area contributed by atoms with E-state index >= 15 is 0 Å². The minimum Gasteiger partial charge on any atom is -0.481 e. The van der Waals surface area contributed by atoms with Crippen LogP contribution in [-0.2, 0) is 11.2 Å². The number of carboxylic acid groups (broad SMARTS) is 1. The Kier molecular flexibility index (Phi) is 3.84. The van der Waals surface area contributed by atoms with Gasteiger partial charge < -0.3 is 10.0 Å². The number of halogens is 1. The molecule has 2 rings (SSSR count). The Hall–Kier alpha value is -1.58. The van der Waals surface area contributed by atoms with E-state index in [0.717, 1.165) is 30.5 Å². The molecule has 3 nitrogen and oxygen atoms in total. The molecule has 1 aliphatic rings. The lowest BCUT2D eigenvalue weighted by molar-refractivity contribution is -0.137. The number of fused-ring (bicyclic) bond motifs is 1. The Morgan fingerprint density at radius 2 is 2.28 bits per heavy atom. The summed E-state index contributed by atoms with van der Waals surface area (Å²) in [5, 5.41) is 8.64. The van der Waals surface area contributed by atoms with Crippen molar-refractivity contribution in [2.75, 3.05) is 18.0 Å². The Balaban J connectivity index is 2.17. The monoisotopic (exact) mass is 251 g/mol. The van der Waals surface area contributed by atoms with Gasteiger partial charge in [0.1, 0.15) is 5.82 Å². The fourth-order valence-corrected chi connectivity index (χ4v) is 2.57. The quantitative estimate of drug-likeness (QED) is 0.894. The molecule has 0 saturated heterocycles. The number of anilines is 1. The van der Waals surface area contributed by atoms with Crippen molar-refractivity contribution < 1.29 is 14.3 Å². The van der Waals surface area contributed by atoms with Gasteiger partial charge in [-0.2, -0.15) is 0 Å². The van der Waals surface area contributed by atoms with Gasteiger partial charge >= 0.3 is 5.97 Å². The van der Waals surface area contributed by atoms with E-state index in [1.807, 2.05) is 17.9 Å². The van der Waals surface area contributed by atoms with Crippen molar-refractivity contribution in [2.45, 2.75) is 32.6 Å². The fourth-order valence-electron chi connectivity index (χ4n) is 2.57. The lowest BCUT2D eigenvalue weighted by Crippen LogP contribution is -2.32. The summed E-state index contributed by atoms with van der Waals surface area (Å²) in [6.07, 6.45) is 2.61. The summed E-state index contributed by atoms with van der Waals surface area (Å²) in [6, 6.07) is 3.32. The molecule has 1 N–H and O–H groups in total. The van der Waals surface area contributed by atoms with Crippen LogP contribution >= 0.6 is 0 Å². The van der Waals surface area contributed by atoms with E-state index in [0.29, 0.717) is 18.7 Å². The average molecular weight is 251 g/mol. The molecule has 0 spiro atoms.